The summed E-state index contributed by atoms with van der Waals surface area (Å²) in [5.41, 5.74) is -0.167. The Bertz CT molecular complexity index is 1860. The highest BCUT2D eigenvalue weighted by atomic mass is 19.1. The molecule has 3 heterocycles. The highest BCUT2D eigenvalue weighted by molar-refractivity contribution is 6.02. The van der Waals surface area contributed by atoms with Crippen molar-refractivity contribution in [1.82, 2.24) is 19.9 Å². The summed E-state index contributed by atoms with van der Waals surface area (Å²) in [4.78, 5) is 43.7. The molecule has 0 fully saturated rings. The topological polar surface area (TPSA) is 132 Å². The Hall–Kier alpha value is -4.71. The molecule has 0 saturated carbocycles. The number of ether oxygens (including phenoxy) is 2. The Morgan fingerprint density at radius 1 is 1.11 bits per heavy atom. The van der Waals surface area contributed by atoms with Crippen molar-refractivity contribution < 1.29 is 37.7 Å². The Kier molecular flexibility index (Phi) is 8.69. The van der Waals surface area contributed by atoms with Crippen LogP contribution in [0.3, 0.4) is 0 Å². The molecule has 2 N–H and O–H groups in total. The van der Waals surface area contributed by atoms with Crippen LogP contribution in [-0.4, -0.2) is 56.1 Å². The van der Waals surface area contributed by atoms with Gasteiger partial charge < -0.3 is 19.9 Å². The second-order valence-corrected chi connectivity index (χ2v) is 12.3. The van der Waals surface area contributed by atoms with E-state index in [1.165, 1.54) is 28.8 Å². The van der Waals surface area contributed by atoms with Crippen molar-refractivity contribution in [1.29, 1.82) is 0 Å². The smallest absolute Gasteiger partial charge is 0.340 e. The number of amides is 1. The summed E-state index contributed by atoms with van der Waals surface area (Å²) in [5.74, 6) is -3.34. The number of carboxylic acids is 1. The van der Waals surface area contributed by atoms with Gasteiger partial charge in [-0.05, 0) is 89.8 Å². The molecule has 2 aromatic heterocycles. The van der Waals surface area contributed by atoms with Gasteiger partial charge in [-0.15, -0.1) is 0 Å². The molecule has 5 rings (SSSR count). The van der Waals surface area contributed by atoms with Crippen molar-refractivity contribution in [2.75, 3.05) is 13.2 Å². The van der Waals surface area contributed by atoms with E-state index in [0.29, 0.717) is 41.8 Å². The highest BCUT2D eigenvalue weighted by Crippen LogP contribution is 2.45. The summed E-state index contributed by atoms with van der Waals surface area (Å²) < 4.78 is 42.3. The molecule has 4 aromatic rings. The molecule has 242 valence electrons. The average Bonchev–Trinajstić information content (AvgIpc) is 3.43. The number of aliphatic carboxylic acids is 1. The number of nitrogens with zero attached hydrogens (tertiary/aromatic N) is 3. The molecule has 0 aliphatic carbocycles. The number of Topliss-reactive ketones (excluding diaryl/α,β-unsaturated/α-hetero) is 1. The van der Waals surface area contributed by atoms with Crippen LogP contribution in [0.1, 0.15) is 83.8 Å². The van der Waals surface area contributed by atoms with Crippen LogP contribution in [0.5, 0.6) is 5.75 Å². The number of carbonyl (C=O) groups excluding carboxylic acids is 2. The molecular formula is C34H36F2N4O6. The van der Waals surface area contributed by atoms with Gasteiger partial charge in [-0.3, -0.25) is 9.59 Å². The maximum atomic E-state index is 15.7. The lowest BCUT2D eigenvalue weighted by Gasteiger charge is -2.38. The molecule has 1 unspecified atom stereocenters. The maximum absolute atomic E-state index is 15.7. The molecule has 0 spiro atoms. The van der Waals surface area contributed by atoms with Gasteiger partial charge in [0, 0.05) is 34.0 Å². The van der Waals surface area contributed by atoms with Crippen molar-refractivity contribution in [3.63, 3.8) is 0 Å². The van der Waals surface area contributed by atoms with E-state index in [2.05, 4.69) is 15.4 Å². The number of rotatable bonds is 9. The number of hydrogen-bond donors (Lipinski definition) is 2. The molecule has 1 aliphatic heterocycles. The minimum atomic E-state index is -1.93. The van der Waals surface area contributed by atoms with Gasteiger partial charge in [-0.2, -0.15) is 5.10 Å². The summed E-state index contributed by atoms with van der Waals surface area (Å²) in [5, 5.41) is 17.8. The predicted molar refractivity (Wildman–Crippen MR) is 165 cm³/mol. The Morgan fingerprint density at radius 3 is 2.43 bits per heavy atom. The van der Waals surface area contributed by atoms with Crippen LogP contribution in [0.25, 0.3) is 16.9 Å². The first kappa shape index (κ1) is 32.7. The number of benzene rings is 2. The fraction of sp³-hybridized carbons (Fsp3) is 0.382. The number of halogens is 2. The first-order valence-corrected chi connectivity index (χ1v) is 15.0. The van der Waals surface area contributed by atoms with Gasteiger partial charge in [0.1, 0.15) is 5.82 Å². The Morgan fingerprint density at radius 2 is 1.80 bits per heavy atom. The van der Waals surface area contributed by atoms with Crippen LogP contribution in [0, 0.1) is 25.5 Å². The number of carbonyl (C=O) groups is 3. The fourth-order valence-corrected chi connectivity index (χ4v) is 5.98. The van der Waals surface area contributed by atoms with E-state index in [4.69, 9.17) is 9.47 Å². The van der Waals surface area contributed by atoms with Crippen molar-refractivity contribution in [3.8, 4) is 17.0 Å². The number of fused-ring (bicyclic) bond motifs is 2. The fourth-order valence-electron chi connectivity index (χ4n) is 5.98. The molecule has 0 radical (unpaired) electrons. The summed E-state index contributed by atoms with van der Waals surface area (Å²) in [6.07, 6.45) is 1.23. The van der Waals surface area contributed by atoms with Crippen molar-refractivity contribution in [2.45, 2.75) is 72.0 Å². The molecule has 2 aromatic carbocycles. The van der Waals surface area contributed by atoms with Crippen LogP contribution >= 0.6 is 0 Å². The molecule has 46 heavy (non-hydrogen) atoms. The van der Waals surface area contributed by atoms with Crippen LogP contribution < -0.4 is 10.1 Å². The van der Waals surface area contributed by atoms with E-state index in [0.717, 1.165) is 12.1 Å². The van der Waals surface area contributed by atoms with Gasteiger partial charge in [0.05, 0.1) is 24.4 Å². The average molecular weight is 635 g/mol. The molecule has 0 saturated heterocycles. The largest absolute Gasteiger partial charge is 0.490 e. The van der Waals surface area contributed by atoms with Crippen molar-refractivity contribution >= 4 is 23.3 Å². The van der Waals surface area contributed by atoms with Gasteiger partial charge in [0.15, 0.2) is 34.3 Å². The second-order valence-electron chi connectivity index (χ2n) is 12.3. The molecule has 1 amide bonds. The molecule has 10 nitrogen and oxygen atoms in total. The zero-order valence-corrected chi connectivity index (χ0v) is 26.6. The minimum absolute atomic E-state index is 0.00365. The number of ketones is 1. The van der Waals surface area contributed by atoms with E-state index in [1.807, 2.05) is 6.92 Å². The van der Waals surface area contributed by atoms with E-state index in [1.54, 1.807) is 34.6 Å². The highest BCUT2D eigenvalue weighted by Gasteiger charge is 2.47. The lowest BCUT2D eigenvalue weighted by Crippen LogP contribution is -2.45. The minimum Gasteiger partial charge on any atom is -0.490 e. The quantitative estimate of drug-likeness (QED) is 0.223. The number of aryl methyl sites for hydroxylation is 1. The van der Waals surface area contributed by atoms with Crippen LogP contribution in [0.15, 0.2) is 36.4 Å². The maximum Gasteiger partial charge on any atom is 0.340 e. The zero-order chi connectivity index (χ0) is 33.6. The summed E-state index contributed by atoms with van der Waals surface area (Å²) in [6.45, 7) is 10.4. The SMILES string of the molecule is CCC(OC(C)(C)C)(C(=O)O)c1c(C)nc2cc(C(=O)NCC(=O)c3ccc(F)cc3)nn2c1-c1cc(F)c2c(c1C)CCCO2. The van der Waals surface area contributed by atoms with Gasteiger partial charge >= 0.3 is 5.97 Å². The number of nitrogens with one attached hydrogen (secondary N) is 1. The number of carboxylic acid groups (broad SMARTS) is 1. The van der Waals surface area contributed by atoms with Gasteiger partial charge in [-0.1, -0.05) is 6.92 Å². The third kappa shape index (κ3) is 5.96. The normalized spacial score (nSPS) is 14.3. The van der Waals surface area contributed by atoms with Gasteiger partial charge in [-0.25, -0.2) is 23.1 Å². The van der Waals surface area contributed by atoms with Crippen molar-refractivity contribution in [3.05, 3.63) is 81.7 Å². The molecule has 12 heteroatoms. The summed E-state index contributed by atoms with van der Waals surface area (Å²) in [7, 11) is 0. The standard InChI is InChI=1S/C34H36F2N4O6/c1-7-34(32(43)44,46-33(4,5)6)28-19(3)38-27-16-25(31(42)37-17-26(41)20-10-12-21(35)13-11-20)39-40(27)29(28)23-15-24(36)30-22(18(23)2)9-8-14-45-30/h10-13,15-16H,7-9,14,17H2,1-6H3,(H,37,42)(H,43,44). The van der Waals surface area contributed by atoms with Gasteiger partial charge in [0.2, 0.25) is 0 Å². The van der Waals surface area contributed by atoms with Gasteiger partial charge in [0.25, 0.3) is 5.91 Å². The third-order valence-corrected chi connectivity index (χ3v) is 8.01. The van der Waals surface area contributed by atoms with E-state index >= 15 is 4.39 Å². The lowest BCUT2D eigenvalue weighted by molar-refractivity contribution is -0.188. The zero-order valence-electron chi connectivity index (χ0n) is 26.6. The number of aromatic nitrogens is 3. The third-order valence-electron chi connectivity index (χ3n) is 8.01. The molecular weight excluding hydrogens is 598 g/mol. The number of hydrogen-bond acceptors (Lipinski definition) is 7. The molecule has 1 aliphatic rings. The van der Waals surface area contributed by atoms with Crippen molar-refractivity contribution in [2.24, 2.45) is 0 Å². The van der Waals surface area contributed by atoms with Crippen LogP contribution in [0.2, 0.25) is 0 Å². The molecule has 0 bridgehead atoms. The summed E-state index contributed by atoms with van der Waals surface area (Å²) >= 11 is 0. The first-order valence-electron chi connectivity index (χ1n) is 15.0. The van der Waals surface area contributed by atoms with E-state index in [9.17, 15) is 23.9 Å². The first-order chi connectivity index (χ1) is 21.7. The van der Waals surface area contributed by atoms with E-state index < -0.39 is 40.5 Å². The molecule has 1 atom stereocenters. The predicted octanol–water partition coefficient (Wildman–Crippen LogP) is 5.73. The Balaban J connectivity index is 1.71. The Labute approximate surface area is 264 Å². The summed E-state index contributed by atoms with van der Waals surface area (Å²) in [6, 6.07) is 7.64. The lowest BCUT2D eigenvalue weighted by atomic mass is 9.83. The monoisotopic (exact) mass is 634 g/mol. The van der Waals surface area contributed by atoms with Crippen LogP contribution in [-0.2, 0) is 21.6 Å². The van der Waals surface area contributed by atoms with Crippen LogP contribution in [0.4, 0.5) is 8.78 Å². The second kappa shape index (κ2) is 12.2. The van der Waals surface area contributed by atoms with E-state index in [-0.39, 0.29) is 46.9 Å².